The molecule has 1 aliphatic rings. The van der Waals surface area contributed by atoms with Crippen molar-refractivity contribution in [2.24, 2.45) is 11.8 Å². The Kier molecular flexibility index (Phi) is 31.9. The predicted octanol–water partition coefficient (Wildman–Crippen LogP) is 15.8. The topological polar surface area (TPSA) is 0 Å². The fraction of sp³-hybridized carbons (Fsp3) is 0.467. The van der Waals surface area contributed by atoms with Crippen molar-refractivity contribution in [3.05, 3.63) is 141 Å². The SMILES string of the molecule is C.C.C.C.C.CC1CCC(C)CC1.Cc1ccc(C)c(F)c1.Cc1ccc(C)c(F)c1.Cc1ccc(C)c(F)c1F.Cc1ccc(C)cc1. The van der Waals surface area contributed by atoms with Crippen molar-refractivity contribution < 1.29 is 17.6 Å². The highest BCUT2D eigenvalue weighted by molar-refractivity contribution is 5.24. The summed E-state index contributed by atoms with van der Waals surface area (Å²) < 4.78 is 50.4. The zero-order valence-corrected chi connectivity index (χ0v) is 28.4. The van der Waals surface area contributed by atoms with Gasteiger partial charge in [0.15, 0.2) is 11.6 Å². The zero-order valence-electron chi connectivity index (χ0n) is 28.4. The van der Waals surface area contributed by atoms with E-state index in [0.29, 0.717) is 22.3 Å². The van der Waals surface area contributed by atoms with Gasteiger partial charge in [-0.2, -0.15) is 0 Å². The molecule has 0 aromatic heterocycles. The average molecular weight is 689 g/mol. The van der Waals surface area contributed by atoms with Crippen LogP contribution in [0.15, 0.2) is 72.8 Å². The van der Waals surface area contributed by atoms with E-state index in [1.165, 1.54) is 62.8 Å². The van der Waals surface area contributed by atoms with Gasteiger partial charge < -0.3 is 0 Å². The maximum Gasteiger partial charge on any atom is 0.161 e. The molecule has 0 heterocycles. The van der Waals surface area contributed by atoms with Gasteiger partial charge in [0.1, 0.15) is 11.6 Å². The first-order chi connectivity index (χ1) is 20.6. The van der Waals surface area contributed by atoms with Crippen molar-refractivity contribution in [3.8, 4) is 0 Å². The van der Waals surface area contributed by atoms with E-state index < -0.39 is 11.6 Å². The van der Waals surface area contributed by atoms with Crippen LogP contribution in [0.2, 0.25) is 0 Å². The van der Waals surface area contributed by atoms with Crippen LogP contribution < -0.4 is 0 Å². The Hall–Kier alpha value is -3.40. The minimum atomic E-state index is -0.736. The molecule has 1 saturated carbocycles. The fourth-order valence-corrected chi connectivity index (χ4v) is 4.20. The second-order valence-electron chi connectivity index (χ2n) is 12.4. The van der Waals surface area contributed by atoms with Gasteiger partial charge in [-0.1, -0.05) is 148 Å². The van der Waals surface area contributed by atoms with Gasteiger partial charge in [0.05, 0.1) is 0 Å². The van der Waals surface area contributed by atoms with Crippen molar-refractivity contribution >= 4 is 0 Å². The molecule has 4 aromatic rings. The zero-order chi connectivity index (χ0) is 33.4. The molecule has 0 aliphatic heterocycles. The van der Waals surface area contributed by atoms with Crippen molar-refractivity contribution in [1.82, 2.24) is 0 Å². The Morgan fingerprint density at radius 2 is 0.592 bits per heavy atom. The normalized spacial score (nSPS) is 13.6. The summed E-state index contributed by atoms with van der Waals surface area (Å²) in [6, 6.07) is 22.0. The first kappa shape index (κ1) is 55.0. The Morgan fingerprint density at radius 3 is 0.816 bits per heavy atom. The van der Waals surface area contributed by atoms with Crippen LogP contribution >= 0.6 is 0 Å². The molecule has 0 N–H and O–H groups in total. The van der Waals surface area contributed by atoms with Gasteiger partial charge in [-0.15, -0.1) is 0 Å². The predicted molar refractivity (Wildman–Crippen MR) is 214 cm³/mol. The molecule has 0 nitrogen and oxygen atoms in total. The number of rotatable bonds is 0. The third kappa shape index (κ3) is 22.8. The van der Waals surface area contributed by atoms with Crippen LogP contribution in [-0.2, 0) is 0 Å². The van der Waals surface area contributed by atoms with Crippen LogP contribution in [0.4, 0.5) is 17.6 Å². The molecule has 4 aromatic carbocycles. The molecule has 0 atom stereocenters. The standard InChI is InChI=1S/C8H8F2.2C8H9F.C8H16.C8H10.5CH4/c1-5-3-4-6(2)8(10)7(5)9;2*1-6-3-4-7(2)8(9)5-6;2*1-7-3-5-8(2)6-4-7;;;;;/h3-4H,1-2H3;2*3-5H,1-2H3;7-8H,3-6H2,1-2H3;3-6H,1-2H3;5*1H4. The van der Waals surface area contributed by atoms with Crippen LogP contribution in [0.3, 0.4) is 0 Å². The van der Waals surface area contributed by atoms with Crippen LogP contribution in [0.25, 0.3) is 0 Å². The van der Waals surface area contributed by atoms with Gasteiger partial charge >= 0.3 is 0 Å². The van der Waals surface area contributed by atoms with E-state index in [0.717, 1.165) is 23.0 Å². The maximum absolute atomic E-state index is 12.6. The van der Waals surface area contributed by atoms with E-state index >= 15 is 0 Å². The van der Waals surface area contributed by atoms with Crippen LogP contribution in [-0.4, -0.2) is 0 Å². The summed E-state index contributed by atoms with van der Waals surface area (Å²) in [6.45, 7) is 19.3. The molecule has 0 unspecified atom stereocenters. The van der Waals surface area contributed by atoms with E-state index in [-0.39, 0.29) is 48.8 Å². The maximum atomic E-state index is 12.6. The first-order valence-electron chi connectivity index (χ1n) is 15.5. The lowest BCUT2D eigenvalue weighted by Crippen LogP contribution is -2.08. The van der Waals surface area contributed by atoms with Crippen LogP contribution in [0, 0.1) is 90.5 Å². The second kappa shape index (κ2) is 28.4. The largest absolute Gasteiger partial charge is 0.207 e. The monoisotopic (exact) mass is 689 g/mol. The van der Waals surface area contributed by atoms with Gasteiger partial charge in [-0.25, -0.2) is 17.6 Å². The number of hydrogen-bond acceptors (Lipinski definition) is 0. The number of halogens is 4. The van der Waals surface area contributed by atoms with Crippen molar-refractivity contribution in [3.63, 3.8) is 0 Å². The average Bonchev–Trinajstić information content (AvgIpc) is 2.98. The molecule has 280 valence electrons. The molecule has 0 radical (unpaired) electrons. The molecule has 0 amide bonds. The Labute approximate surface area is 301 Å². The molecule has 5 rings (SSSR count). The van der Waals surface area contributed by atoms with Gasteiger partial charge in [0.25, 0.3) is 0 Å². The van der Waals surface area contributed by atoms with E-state index in [9.17, 15) is 17.6 Å². The smallest absolute Gasteiger partial charge is 0.161 e. The highest BCUT2D eigenvalue weighted by Gasteiger charge is 2.13. The molecule has 4 heteroatoms. The molecule has 49 heavy (non-hydrogen) atoms. The van der Waals surface area contributed by atoms with E-state index in [2.05, 4.69) is 52.0 Å². The highest BCUT2D eigenvalue weighted by Crippen LogP contribution is 2.27. The van der Waals surface area contributed by atoms with Gasteiger partial charge in [-0.3, -0.25) is 0 Å². The number of hydrogen-bond donors (Lipinski definition) is 0. The lowest BCUT2D eigenvalue weighted by Gasteiger charge is -2.22. The van der Waals surface area contributed by atoms with Crippen LogP contribution in [0.5, 0.6) is 0 Å². The second-order valence-corrected chi connectivity index (χ2v) is 12.4. The van der Waals surface area contributed by atoms with E-state index in [1.807, 2.05) is 26.0 Å². The third-order valence-corrected chi connectivity index (χ3v) is 7.65. The van der Waals surface area contributed by atoms with Gasteiger partial charge in [0.2, 0.25) is 0 Å². The summed E-state index contributed by atoms with van der Waals surface area (Å²) in [5, 5.41) is 0. The van der Waals surface area contributed by atoms with E-state index in [4.69, 9.17) is 0 Å². The minimum absolute atomic E-state index is 0. The van der Waals surface area contributed by atoms with E-state index in [1.54, 1.807) is 38.1 Å². The highest BCUT2D eigenvalue weighted by atomic mass is 19.2. The summed E-state index contributed by atoms with van der Waals surface area (Å²) in [5.41, 5.74) is 6.72. The molecular formula is C45H72F4. The summed E-state index contributed by atoms with van der Waals surface area (Å²) in [7, 11) is 0. The van der Waals surface area contributed by atoms with Crippen molar-refractivity contribution in [2.45, 2.75) is 132 Å². The third-order valence-electron chi connectivity index (χ3n) is 7.65. The van der Waals surface area contributed by atoms with Crippen molar-refractivity contribution in [2.75, 3.05) is 0 Å². The Bertz CT molecular complexity index is 1290. The summed E-state index contributed by atoms with van der Waals surface area (Å²) in [4.78, 5) is 0. The van der Waals surface area contributed by atoms with Crippen LogP contribution in [0.1, 0.15) is 121 Å². The quantitative estimate of drug-likeness (QED) is 0.161. The van der Waals surface area contributed by atoms with Crippen molar-refractivity contribution in [1.29, 1.82) is 0 Å². The number of aryl methyl sites for hydroxylation is 8. The summed E-state index contributed by atoms with van der Waals surface area (Å²) >= 11 is 0. The molecule has 1 aliphatic carbocycles. The molecule has 0 bridgehead atoms. The molecule has 0 saturated heterocycles. The fourth-order valence-electron chi connectivity index (χ4n) is 4.20. The lowest BCUT2D eigenvalue weighted by molar-refractivity contribution is 0.308. The van der Waals surface area contributed by atoms with Gasteiger partial charge in [-0.05, 0) is 113 Å². The van der Waals surface area contributed by atoms with Gasteiger partial charge in [0, 0.05) is 0 Å². The molecule has 0 spiro atoms. The number of benzene rings is 4. The Morgan fingerprint density at radius 1 is 0.367 bits per heavy atom. The minimum Gasteiger partial charge on any atom is -0.207 e. The Balaban J connectivity index is -0.000000161. The lowest BCUT2D eigenvalue weighted by atomic mass is 9.84. The first-order valence-corrected chi connectivity index (χ1v) is 15.5. The summed E-state index contributed by atoms with van der Waals surface area (Å²) in [5.74, 6) is 0.336. The molecule has 1 fully saturated rings. The summed E-state index contributed by atoms with van der Waals surface area (Å²) in [6.07, 6.45) is 5.89. The molecular weight excluding hydrogens is 616 g/mol.